The second-order valence-electron chi connectivity index (χ2n) is 4.54. The third-order valence-electron chi connectivity index (χ3n) is 3.43. The van der Waals surface area contributed by atoms with E-state index in [9.17, 15) is 0 Å². The number of H-pyrrole nitrogens is 2. The summed E-state index contributed by atoms with van der Waals surface area (Å²) in [5, 5.41) is 3.47. The minimum atomic E-state index is 0.0867. The average Bonchev–Trinajstić information content (AvgIpc) is 3.04. The van der Waals surface area contributed by atoms with E-state index in [2.05, 4.69) is 25.3 Å². The largest absolute Gasteiger partial charge is 0.347 e. The van der Waals surface area contributed by atoms with E-state index in [0.717, 1.165) is 41.2 Å². The first-order valence-corrected chi connectivity index (χ1v) is 6.12. The third-order valence-corrected chi connectivity index (χ3v) is 3.43. The van der Waals surface area contributed by atoms with Crippen molar-refractivity contribution in [3.63, 3.8) is 0 Å². The predicted octanol–water partition coefficient (Wildman–Crippen LogP) is 1.52. The zero-order valence-electron chi connectivity index (χ0n) is 9.77. The number of para-hydroxylation sites is 2. The number of rotatable bonds is 1. The van der Waals surface area contributed by atoms with Gasteiger partial charge in [0.25, 0.3) is 0 Å². The summed E-state index contributed by atoms with van der Waals surface area (Å²) in [6.45, 7) is 0.930. The van der Waals surface area contributed by atoms with E-state index < -0.39 is 0 Å². The summed E-state index contributed by atoms with van der Waals surface area (Å²) < 4.78 is 0. The van der Waals surface area contributed by atoms with E-state index in [1.807, 2.05) is 24.3 Å². The summed E-state index contributed by atoms with van der Waals surface area (Å²) in [5.74, 6) is 0.946. The Morgan fingerprint density at radius 3 is 3.11 bits per heavy atom. The summed E-state index contributed by atoms with van der Waals surface area (Å²) >= 11 is 0. The number of nitrogens with one attached hydrogen (secondary N) is 3. The molecule has 1 aliphatic heterocycles. The molecule has 0 aliphatic carbocycles. The van der Waals surface area contributed by atoms with E-state index >= 15 is 0 Å². The number of imidazole rings is 2. The fraction of sp³-hybridized carbons (Fsp3) is 0.231. The smallest absolute Gasteiger partial charge is 0.130 e. The van der Waals surface area contributed by atoms with Crippen LogP contribution in [0.4, 0.5) is 0 Å². The minimum Gasteiger partial charge on any atom is -0.347 e. The highest BCUT2D eigenvalue weighted by atomic mass is 15.1. The molecule has 18 heavy (non-hydrogen) atoms. The van der Waals surface area contributed by atoms with Crippen molar-refractivity contribution in [2.24, 2.45) is 0 Å². The quantitative estimate of drug-likeness (QED) is 0.603. The molecule has 3 N–H and O–H groups in total. The maximum atomic E-state index is 4.65. The molecule has 5 heteroatoms. The molecule has 0 saturated carbocycles. The van der Waals surface area contributed by atoms with Gasteiger partial charge in [0, 0.05) is 13.0 Å². The molecule has 0 bridgehead atoms. The van der Waals surface area contributed by atoms with Crippen LogP contribution >= 0.6 is 0 Å². The van der Waals surface area contributed by atoms with Crippen molar-refractivity contribution >= 4 is 11.0 Å². The summed E-state index contributed by atoms with van der Waals surface area (Å²) in [5.41, 5.74) is 4.33. The number of aromatic amines is 2. The van der Waals surface area contributed by atoms with Crippen LogP contribution in [0.3, 0.4) is 0 Å². The predicted molar refractivity (Wildman–Crippen MR) is 68.2 cm³/mol. The lowest BCUT2D eigenvalue weighted by atomic mass is 10.1. The lowest BCUT2D eigenvalue weighted by Gasteiger charge is -2.21. The van der Waals surface area contributed by atoms with Crippen molar-refractivity contribution in [2.75, 3.05) is 6.54 Å². The monoisotopic (exact) mass is 239 g/mol. The lowest BCUT2D eigenvalue weighted by molar-refractivity contribution is 0.535. The van der Waals surface area contributed by atoms with Crippen LogP contribution in [-0.2, 0) is 6.42 Å². The molecule has 1 aliphatic rings. The van der Waals surface area contributed by atoms with Crippen LogP contribution in [0.5, 0.6) is 0 Å². The molecule has 1 aromatic carbocycles. The van der Waals surface area contributed by atoms with Crippen molar-refractivity contribution in [1.29, 1.82) is 0 Å². The maximum Gasteiger partial charge on any atom is 0.130 e. The molecule has 2 aromatic heterocycles. The Kier molecular flexibility index (Phi) is 2.01. The third kappa shape index (κ3) is 1.37. The molecule has 3 aromatic rings. The van der Waals surface area contributed by atoms with E-state index in [1.165, 1.54) is 0 Å². The Morgan fingerprint density at radius 1 is 1.22 bits per heavy atom. The normalized spacial score (nSPS) is 19.0. The van der Waals surface area contributed by atoms with Gasteiger partial charge < -0.3 is 15.3 Å². The molecular weight excluding hydrogens is 226 g/mol. The number of benzene rings is 1. The zero-order valence-corrected chi connectivity index (χ0v) is 9.77. The van der Waals surface area contributed by atoms with E-state index in [0.29, 0.717) is 0 Å². The van der Waals surface area contributed by atoms with Gasteiger partial charge in [0.05, 0.1) is 28.7 Å². The Morgan fingerprint density at radius 2 is 2.17 bits per heavy atom. The van der Waals surface area contributed by atoms with Crippen LogP contribution in [0.2, 0.25) is 0 Å². The molecule has 0 fully saturated rings. The van der Waals surface area contributed by atoms with Crippen LogP contribution in [0.25, 0.3) is 11.0 Å². The van der Waals surface area contributed by atoms with Crippen LogP contribution in [0.15, 0.2) is 30.6 Å². The highest BCUT2D eigenvalue weighted by molar-refractivity contribution is 5.74. The molecule has 90 valence electrons. The molecule has 0 saturated heterocycles. The Balaban J connectivity index is 1.84. The first-order chi connectivity index (χ1) is 8.92. The average molecular weight is 239 g/mol. The molecule has 3 heterocycles. The van der Waals surface area contributed by atoms with Gasteiger partial charge in [-0.25, -0.2) is 9.97 Å². The van der Waals surface area contributed by atoms with Crippen molar-refractivity contribution in [1.82, 2.24) is 25.3 Å². The number of hydrogen-bond donors (Lipinski definition) is 3. The van der Waals surface area contributed by atoms with E-state index in [4.69, 9.17) is 0 Å². The fourth-order valence-corrected chi connectivity index (χ4v) is 2.56. The zero-order chi connectivity index (χ0) is 11.9. The molecule has 1 atom stereocenters. The molecule has 4 rings (SSSR count). The van der Waals surface area contributed by atoms with Gasteiger partial charge in [0.1, 0.15) is 11.9 Å². The van der Waals surface area contributed by atoms with Crippen molar-refractivity contribution in [3.8, 4) is 0 Å². The van der Waals surface area contributed by atoms with Gasteiger partial charge in [0.2, 0.25) is 0 Å². The molecule has 0 amide bonds. The summed E-state index contributed by atoms with van der Waals surface area (Å²) in [6.07, 6.45) is 2.73. The minimum absolute atomic E-state index is 0.0867. The van der Waals surface area contributed by atoms with Gasteiger partial charge in [0.15, 0.2) is 0 Å². The lowest BCUT2D eigenvalue weighted by Crippen LogP contribution is -2.31. The topological polar surface area (TPSA) is 69.4 Å². The molecular formula is C13H13N5. The number of fused-ring (bicyclic) bond motifs is 2. The SMILES string of the molecule is c1ccc2[nH]c([C@H]3NCCc4nc[nH]c43)nc2c1. The summed E-state index contributed by atoms with van der Waals surface area (Å²) in [6, 6.07) is 8.17. The summed E-state index contributed by atoms with van der Waals surface area (Å²) in [7, 11) is 0. The first-order valence-electron chi connectivity index (χ1n) is 6.12. The first kappa shape index (κ1) is 9.85. The Bertz CT molecular complexity index is 663. The second-order valence-corrected chi connectivity index (χ2v) is 4.54. The van der Waals surface area contributed by atoms with Gasteiger partial charge in [-0.05, 0) is 12.1 Å². The maximum absolute atomic E-state index is 4.65. The molecule has 0 spiro atoms. The van der Waals surface area contributed by atoms with Crippen molar-refractivity contribution in [2.45, 2.75) is 12.5 Å². The van der Waals surface area contributed by atoms with Crippen LogP contribution in [0.1, 0.15) is 23.3 Å². The highest BCUT2D eigenvalue weighted by Crippen LogP contribution is 2.25. The van der Waals surface area contributed by atoms with E-state index in [-0.39, 0.29) is 6.04 Å². The van der Waals surface area contributed by atoms with Crippen LogP contribution in [-0.4, -0.2) is 26.5 Å². The molecule has 5 nitrogen and oxygen atoms in total. The standard InChI is InChI=1S/C13H13N5/c1-2-4-9-8(3-1)17-13(18-9)12-11-10(5-6-14-12)15-7-16-11/h1-4,7,12,14H,5-6H2,(H,15,16)(H,17,18)/t12-/m0/s1. The van der Waals surface area contributed by atoms with Crippen molar-refractivity contribution in [3.05, 3.63) is 47.8 Å². The second kappa shape index (κ2) is 3.68. The van der Waals surface area contributed by atoms with Gasteiger partial charge in [-0.3, -0.25) is 0 Å². The Hall–Kier alpha value is -2.14. The van der Waals surface area contributed by atoms with Crippen molar-refractivity contribution < 1.29 is 0 Å². The number of aromatic nitrogens is 4. The van der Waals surface area contributed by atoms with Gasteiger partial charge in [-0.15, -0.1) is 0 Å². The van der Waals surface area contributed by atoms with Crippen LogP contribution < -0.4 is 5.32 Å². The Labute approximate surface area is 104 Å². The molecule has 0 unspecified atom stereocenters. The van der Waals surface area contributed by atoms with E-state index in [1.54, 1.807) is 6.33 Å². The van der Waals surface area contributed by atoms with Crippen LogP contribution in [0, 0.1) is 0 Å². The number of nitrogens with zero attached hydrogens (tertiary/aromatic N) is 2. The van der Waals surface area contributed by atoms with Gasteiger partial charge in [-0.1, -0.05) is 12.1 Å². The van der Waals surface area contributed by atoms with Gasteiger partial charge >= 0.3 is 0 Å². The summed E-state index contributed by atoms with van der Waals surface area (Å²) in [4.78, 5) is 15.6. The number of hydrogen-bond acceptors (Lipinski definition) is 3. The van der Waals surface area contributed by atoms with Gasteiger partial charge in [-0.2, -0.15) is 0 Å². The highest BCUT2D eigenvalue weighted by Gasteiger charge is 2.25. The fourth-order valence-electron chi connectivity index (χ4n) is 2.56. The molecule has 0 radical (unpaired) electrons.